The minimum atomic E-state index is -0.258. The van der Waals surface area contributed by atoms with Crippen LogP contribution in [-0.2, 0) is 13.0 Å². The zero-order valence-electron chi connectivity index (χ0n) is 15.7. The van der Waals surface area contributed by atoms with Gasteiger partial charge in [-0.1, -0.05) is 72.8 Å². The van der Waals surface area contributed by atoms with Crippen LogP contribution >= 0.6 is 0 Å². The first-order valence-corrected chi connectivity index (χ1v) is 9.63. The summed E-state index contributed by atoms with van der Waals surface area (Å²) >= 11 is 0. The number of rotatable bonds is 6. The topological polar surface area (TPSA) is 38.3 Å². The molecule has 3 aromatic rings. The molecule has 0 fully saturated rings. The largest absolute Gasteiger partial charge is 0.485 e. The smallest absolute Gasteiger partial charge is 0.197 e. The second-order valence-electron chi connectivity index (χ2n) is 6.92. The summed E-state index contributed by atoms with van der Waals surface area (Å²) < 4.78 is 6.21. The van der Waals surface area contributed by atoms with Gasteiger partial charge in [-0.25, -0.2) is 0 Å². The normalized spacial score (nSPS) is 17.1. The molecule has 0 aromatic heterocycles. The second kappa shape index (κ2) is 8.57. The van der Waals surface area contributed by atoms with Crippen molar-refractivity contribution in [3.05, 3.63) is 113 Å². The van der Waals surface area contributed by atoms with Crippen LogP contribution in [0.15, 0.2) is 96.7 Å². The molecule has 28 heavy (non-hydrogen) atoms. The Bertz CT molecular complexity index is 964. The number of fused-ring (bicyclic) bond motifs is 1. The van der Waals surface area contributed by atoms with E-state index < -0.39 is 0 Å². The van der Waals surface area contributed by atoms with Crippen molar-refractivity contribution in [1.82, 2.24) is 5.32 Å². The predicted molar refractivity (Wildman–Crippen MR) is 111 cm³/mol. The summed E-state index contributed by atoms with van der Waals surface area (Å²) in [7, 11) is 0. The van der Waals surface area contributed by atoms with Crippen LogP contribution in [0.25, 0.3) is 0 Å². The van der Waals surface area contributed by atoms with Crippen molar-refractivity contribution in [1.29, 1.82) is 0 Å². The number of nitrogens with one attached hydrogen (secondary N) is 1. The summed E-state index contributed by atoms with van der Waals surface area (Å²) in [4.78, 5) is 13.1. The number of para-hydroxylation sites is 1. The average Bonchev–Trinajstić information content (AvgIpc) is 2.75. The Kier molecular flexibility index (Phi) is 5.53. The van der Waals surface area contributed by atoms with Crippen LogP contribution in [-0.4, -0.2) is 11.9 Å². The van der Waals surface area contributed by atoms with E-state index in [1.54, 1.807) is 0 Å². The van der Waals surface area contributed by atoms with Crippen LogP contribution in [0.1, 0.15) is 27.9 Å². The molecule has 0 saturated heterocycles. The van der Waals surface area contributed by atoms with Crippen LogP contribution in [0.4, 0.5) is 0 Å². The highest BCUT2D eigenvalue weighted by atomic mass is 16.5. The third kappa shape index (κ3) is 4.15. The van der Waals surface area contributed by atoms with Gasteiger partial charge in [-0.3, -0.25) is 4.79 Å². The number of carbonyl (C=O) groups is 1. The van der Waals surface area contributed by atoms with E-state index in [0.717, 1.165) is 12.8 Å². The van der Waals surface area contributed by atoms with Gasteiger partial charge < -0.3 is 10.1 Å². The number of benzene rings is 3. The van der Waals surface area contributed by atoms with Gasteiger partial charge in [0.05, 0.1) is 11.1 Å². The van der Waals surface area contributed by atoms with Crippen molar-refractivity contribution in [2.75, 3.05) is 0 Å². The second-order valence-corrected chi connectivity index (χ2v) is 6.92. The molecule has 1 aliphatic rings. The van der Waals surface area contributed by atoms with Gasteiger partial charge in [-0.15, -0.1) is 0 Å². The summed E-state index contributed by atoms with van der Waals surface area (Å²) in [6.45, 7) is 0.671. The zero-order valence-corrected chi connectivity index (χ0v) is 15.7. The Hall–Kier alpha value is -3.33. The Morgan fingerprint density at radius 1 is 0.821 bits per heavy atom. The number of hydrogen-bond acceptors (Lipinski definition) is 3. The Morgan fingerprint density at radius 3 is 2.21 bits per heavy atom. The average molecular weight is 369 g/mol. The van der Waals surface area contributed by atoms with Gasteiger partial charge in [0.25, 0.3) is 0 Å². The fourth-order valence-corrected chi connectivity index (χ4v) is 3.47. The van der Waals surface area contributed by atoms with Crippen LogP contribution in [0, 0.1) is 0 Å². The van der Waals surface area contributed by atoms with E-state index in [1.807, 2.05) is 66.9 Å². The third-order valence-electron chi connectivity index (χ3n) is 4.95. The van der Waals surface area contributed by atoms with E-state index in [-0.39, 0.29) is 11.9 Å². The minimum absolute atomic E-state index is 0.0421. The lowest BCUT2D eigenvalue weighted by atomic mass is 9.92. The lowest BCUT2D eigenvalue weighted by Crippen LogP contribution is -2.32. The highest BCUT2D eigenvalue weighted by Gasteiger charge is 2.31. The first kappa shape index (κ1) is 18.1. The van der Waals surface area contributed by atoms with Gasteiger partial charge in [-0.2, -0.15) is 0 Å². The highest BCUT2D eigenvalue weighted by molar-refractivity contribution is 6.12. The standard InChI is InChI=1S/C25H23NO2/c27-25-21-13-7-8-14-23(21)28-24(16-15-19-9-3-1-4-10-19)22(25)18-26-17-20-11-5-2-6-12-20/h1-14,18,24,26H,15-17H2/b22-18-. The van der Waals surface area contributed by atoms with Crippen molar-refractivity contribution in [2.45, 2.75) is 25.5 Å². The maximum absolute atomic E-state index is 13.1. The van der Waals surface area contributed by atoms with Gasteiger partial charge in [0.15, 0.2) is 5.78 Å². The van der Waals surface area contributed by atoms with E-state index in [9.17, 15) is 4.79 Å². The number of carbonyl (C=O) groups excluding carboxylic acids is 1. The van der Waals surface area contributed by atoms with Gasteiger partial charge in [0.1, 0.15) is 11.9 Å². The molecule has 140 valence electrons. The van der Waals surface area contributed by atoms with Crippen molar-refractivity contribution in [2.24, 2.45) is 0 Å². The zero-order chi connectivity index (χ0) is 19.2. The molecule has 1 aliphatic heterocycles. The van der Waals surface area contributed by atoms with Crippen molar-refractivity contribution < 1.29 is 9.53 Å². The molecule has 0 amide bonds. The van der Waals surface area contributed by atoms with Crippen LogP contribution in [0.2, 0.25) is 0 Å². The van der Waals surface area contributed by atoms with E-state index in [0.29, 0.717) is 23.4 Å². The van der Waals surface area contributed by atoms with Crippen LogP contribution in [0.5, 0.6) is 5.75 Å². The molecule has 1 N–H and O–H groups in total. The van der Waals surface area contributed by atoms with E-state index in [4.69, 9.17) is 4.74 Å². The lowest BCUT2D eigenvalue weighted by Gasteiger charge is -2.28. The molecule has 1 heterocycles. The quantitative estimate of drug-likeness (QED) is 0.626. The maximum Gasteiger partial charge on any atom is 0.197 e. The van der Waals surface area contributed by atoms with Crippen LogP contribution < -0.4 is 10.1 Å². The molecule has 0 spiro atoms. The molecule has 1 atom stereocenters. The van der Waals surface area contributed by atoms with Crippen LogP contribution in [0.3, 0.4) is 0 Å². The predicted octanol–water partition coefficient (Wildman–Crippen LogP) is 4.94. The number of Topliss-reactive ketones (excluding diaryl/α,β-unsaturated/α-hetero) is 1. The number of aryl methyl sites for hydroxylation is 1. The Labute approximate surface area is 165 Å². The molecule has 0 radical (unpaired) electrons. The molecule has 3 aromatic carbocycles. The lowest BCUT2D eigenvalue weighted by molar-refractivity contribution is 0.0954. The summed E-state index contributed by atoms with van der Waals surface area (Å²) in [5.74, 6) is 0.714. The summed E-state index contributed by atoms with van der Waals surface area (Å²) in [5, 5.41) is 3.30. The molecule has 0 bridgehead atoms. The summed E-state index contributed by atoms with van der Waals surface area (Å²) in [6.07, 6.45) is 3.19. The third-order valence-corrected chi connectivity index (χ3v) is 4.95. The molecule has 4 rings (SSSR count). The molecule has 0 saturated carbocycles. The Balaban J connectivity index is 1.54. The molecule has 0 aliphatic carbocycles. The van der Waals surface area contributed by atoms with Gasteiger partial charge in [0, 0.05) is 12.7 Å². The van der Waals surface area contributed by atoms with E-state index >= 15 is 0 Å². The van der Waals surface area contributed by atoms with E-state index in [2.05, 4.69) is 29.6 Å². The SMILES string of the molecule is O=C1/C(=C\NCc2ccccc2)C(CCc2ccccc2)Oc2ccccc21. The van der Waals surface area contributed by atoms with Gasteiger partial charge in [-0.05, 0) is 36.1 Å². The molecule has 1 unspecified atom stereocenters. The van der Waals surface area contributed by atoms with Crippen molar-refractivity contribution >= 4 is 5.78 Å². The summed E-state index contributed by atoms with van der Waals surface area (Å²) in [5.41, 5.74) is 3.73. The molecule has 3 nitrogen and oxygen atoms in total. The van der Waals surface area contributed by atoms with Crippen molar-refractivity contribution in [3.8, 4) is 5.75 Å². The molecule has 3 heteroatoms. The first-order valence-electron chi connectivity index (χ1n) is 9.63. The summed E-state index contributed by atoms with van der Waals surface area (Å²) in [6, 6.07) is 27.9. The van der Waals surface area contributed by atoms with Gasteiger partial charge in [0.2, 0.25) is 0 Å². The first-order chi connectivity index (χ1) is 13.8. The van der Waals surface area contributed by atoms with E-state index in [1.165, 1.54) is 11.1 Å². The molecular formula is C25H23NO2. The fraction of sp³-hybridized carbons (Fsp3) is 0.160. The Morgan fingerprint density at radius 2 is 1.46 bits per heavy atom. The fourth-order valence-electron chi connectivity index (χ4n) is 3.47. The number of hydrogen-bond donors (Lipinski definition) is 1. The monoisotopic (exact) mass is 369 g/mol. The van der Waals surface area contributed by atoms with Crippen molar-refractivity contribution in [3.63, 3.8) is 0 Å². The molecular weight excluding hydrogens is 346 g/mol. The number of ether oxygens (including phenoxy) is 1. The maximum atomic E-state index is 13.1. The van der Waals surface area contributed by atoms with Gasteiger partial charge >= 0.3 is 0 Å². The number of ketones is 1. The minimum Gasteiger partial charge on any atom is -0.485 e. The highest BCUT2D eigenvalue weighted by Crippen LogP contribution is 2.32.